The van der Waals surface area contributed by atoms with Gasteiger partial charge in [0.05, 0.1) is 30.0 Å². The molecule has 1 amide bonds. The van der Waals surface area contributed by atoms with E-state index in [1.807, 2.05) is 43.4 Å². The van der Waals surface area contributed by atoms with Crippen LogP contribution in [0.3, 0.4) is 0 Å². The van der Waals surface area contributed by atoms with Crippen molar-refractivity contribution in [2.24, 2.45) is 7.05 Å². The van der Waals surface area contributed by atoms with Gasteiger partial charge in [-0.1, -0.05) is 29.8 Å². The van der Waals surface area contributed by atoms with Gasteiger partial charge >= 0.3 is 0 Å². The van der Waals surface area contributed by atoms with Gasteiger partial charge in [-0.3, -0.25) is 14.5 Å². The van der Waals surface area contributed by atoms with E-state index in [2.05, 4.69) is 15.4 Å². The highest BCUT2D eigenvalue weighted by atomic mass is 35.5. The Labute approximate surface area is 145 Å². The molecule has 122 valence electrons. The molecule has 0 radical (unpaired) electrons. The van der Waals surface area contributed by atoms with Crippen LogP contribution in [-0.4, -0.2) is 20.7 Å². The van der Waals surface area contributed by atoms with Crippen LogP contribution in [0, 0.1) is 0 Å². The van der Waals surface area contributed by atoms with Gasteiger partial charge in [0.15, 0.2) is 0 Å². The molecule has 0 aliphatic heterocycles. The van der Waals surface area contributed by atoms with Gasteiger partial charge in [0.25, 0.3) is 0 Å². The van der Waals surface area contributed by atoms with Crippen LogP contribution in [-0.2, 0) is 24.8 Å². The van der Waals surface area contributed by atoms with E-state index in [0.29, 0.717) is 18.0 Å². The summed E-state index contributed by atoms with van der Waals surface area (Å²) in [6, 6.07) is 14.9. The average molecular weight is 341 g/mol. The van der Waals surface area contributed by atoms with E-state index < -0.39 is 0 Å². The van der Waals surface area contributed by atoms with Crippen molar-refractivity contribution < 1.29 is 4.79 Å². The Morgan fingerprint density at radius 1 is 1.21 bits per heavy atom. The number of hydrogen-bond donors (Lipinski definition) is 1. The summed E-state index contributed by atoms with van der Waals surface area (Å²) in [5.74, 6) is -0.0534. The topological polar surface area (TPSA) is 59.8 Å². The monoisotopic (exact) mass is 340 g/mol. The van der Waals surface area contributed by atoms with Gasteiger partial charge in [-0.2, -0.15) is 5.10 Å². The first kappa shape index (κ1) is 16.2. The third kappa shape index (κ3) is 4.00. The minimum atomic E-state index is -0.0534. The van der Waals surface area contributed by atoms with Crippen molar-refractivity contribution in [3.63, 3.8) is 0 Å². The third-order valence-corrected chi connectivity index (χ3v) is 3.85. The summed E-state index contributed by atoms with van der Waals surface area (Å²) < 4.78 is 1.77. The Morgan fingerprint density at radius 3 is 2.71 bits per heavy atom. The van der Waals surface area contributed by atoms with Crippen LogP contribution in [0.5, 0.6) is 0 Å². The van der Waals surface area contributed by atoms with Gasteiger partial charge in [-0.25, -0.2) is 0 Å². The lowest BCUT2D eigenvalue weighted by molar-refractivity contribution is -0.120. The fourth-order valence-corrected chi connectivity index (χ4v) is 2.53. The molecule has 2 heterocycles. The molecular formula is C18H17ClN4O. The average Bonchev–Trinajstić information content (AvgIpc) is 2.97. The lowest BCUT2D eigenvalue weighted by Crippen LogP contribution is -2.24. The zero-order valence-electron chi connectivity index (χ0n) is 13.2. The van der Waals surface area contributed by atoms with Crippen LogP contribution in [0.25, 0.3) is 11.4 Å². The molecule has 0 fully saturated rings. The number of amides is 1. The van der Waals surface area contributed by atoms with Crippen LogP contribution in [0.1, 0.15) is 11.3 Å². The number of hydrogen-bond acceptors (Lipinski definition) is 3. The Bertz CT molecular complexity index is 828. The predicted octanol–water partition coefficient (Wildman–Crippen LogP) is 2.99. The van der Waals surface area contributed by atoms with E-state index in [9.17, 15) is 4.79 Å². The second-order valence-electron chi connectivity index (χ2n) is 5.44. The molecule has 0 atom stereocenters. The summed E-state index contributed by atoms with van der Waals surface area (Å²) >= 11 is 5.84. The SMILES string of the molecule is Cn1nc(CNC(=O)Cc2ccc(Cl)cc2)cc1-c1ccccn1. The first-order valence-corrected chi connectivity index (χ1v) is 7.95. The van der Waals surface area contributed by atoms with Crippen molar-refractivity contribution in [3.05, 3.63) is 71.0 Å². The normalized spacial score (nSPS) is 10.6. The number of aromatic nitrogens is 3. The maximum absolute atomic E-state index is 12.0. The van der Waals surface area contributed by atoms with Crippen LogP contribution in [0.15, 0.2) is 54.7 Å². The molecule has 0 saturated carbocycles. The molecule has 0 aliphatic carbocycles. The number of rotatable bonds is 5. The fourth-order valence-electron chi connectivity index (χ4n) is 2.41. The molecule has 2 aromatic heterocycles. The maximum atomic E-state index is 12.0. The largest absolute Gasteiger partial charge is 0.350 e. The lowest BCUT2D eigenvalue weighted by Gasteiger charge is -2.03. The van der Waals surface area contributed by atoms with Crippen molar-refractivity contribution >= 4 is 17.5 Å². The number of carbonyl (C=O) groups excluding carboxylic acids is 1. The Balaban J connectivity index is 1.61. The van der Waals surface area contributed by atoms with Crippen LogP contribution < -0.4 is 5.32 Å². The van der Waals surface area contributed by atoms with E-state index >= 15 is 0 Å². The number of halogens is 1. The number of carbonyl (C=O) groups is 1. The van der Waals surface area contributed by atoms with Crippen molar-refractivity contribution in [3.8, 4) is 11.4 Å². The summed E-state index contributed by atoms with van der Waals surface area (Å²) in [7, 11) is 1.86. The summed E-state index contributed by atoms with van der Waals surface area (Å²) in [5, 5.41) is 7.97. The number of pyridine rings is 1. The number of nitrogens with one attached hydrogen (secondary N) is 1. The van der Waals surface area contributed by atoms with Crippen molar-refractivity contribution in [2.45, 2.75) is 13.0 Å². The van der Waals surface area contributed by atoms with Crippen molar-refractivity contribution in [1.29, 1.82) is 0 Å². The highest BCUT2D eigenvalue weighted by Gasteiger charge is 2.09. The smallest absolute Gasteiger partial charge is 0.224 e. The van der Waals surface area contributed by atoms with Crippen LogP contribution in [0.4, 0.5) is 0 Å². The summed E-state index contributed by atoms with van der Waals surface area (Å²) in [5.41, 5.74) is 3.48. The Kier molecular flexibility index (Phi) is 4.91. The van der Waals surface area contributed by atoms with E-state index in [-0.39, 0.29) is 5.91 Å². The van der Waals surface area contributed by atoms with E-state index in [1.54, 1.807) is 23.0 Å². The molecule has 0 saturated heterocycles. The summed E-state index contributed by atoms with van der Waals surface area (Å²) in [6.45, 7) is 0.382. The van der Waals surface area contributed by atoms with Gasteiger partial charge in [0.2, 0.25) is 5.91 Å². The molecule has 0 spiro atoms. The first-order valence-electron chi connectivity index (χ1n) is 7.57. The quantitative estimate of drug-likeness (QED) is 0.776. The number of nitrogens with zero attached hydrogens (tertiary/aromatic N) is 3. The van der Waals surface area contributed by atoms with Gasteiger partial charge in [0.1, 0.15) is 0 Å². The van der Waals surface area contributed by atoms with Crippen molar-refractivity contribution in [2.75, 3.05) is 0 Å². The highest BCUT2D eigenvalue weighted by molar-refractivity contribution is 6.30. The molecule has 0 aliphatic rings. The zero-order valence-corrected chi connectivity index (χ0v) is 14.0. The second-order valence-corrected chi connectivity index (χ2v) is 5.88. The highest BCUT2D eigenvalue weighted by Crippen LogP contribution is 2.16. The summed E-state index contributed by atoms with van der Waals surface area (Å²) in [6.07, 6.45) is 2.06. The number of aryl methyl sites for hydroxylation is 1. The van der Waals surface area contributed by atoms with Gasteiger partial charge in [-0.05, 0) is 35.9 Å². The lowest BCUT2D eigenvalue weighted by atomic mass is 10.1. The van der Waals surface area contributed by atoms with Crippen molar-refractivity contribution in [1.82, 2.24) is 20.1 Å². The van der Waals surface area contributed by atoms with E-state index in [1.165, 1.54) is 0 Å². The molecule has 6 heteroatoms. The molecular weight excluding hydrogens is 324 g/mol. The zero-order chi connectivity index (χ0) is 16.9. The molecule has 3 aromatic rings. The Hall–Kier alpha value is -2.66. The first-order chi connectivity index (χ1) is 11.6. The molecule has 5 nitrogen and oxygen atoms in total. The van der Waals surface area contributed by atoms with E-state index in [4.69, 9.17) is 11.6 Å². The molecule has 0 unspecified atom stereocenters. The second kappa shape index (κ2) is 7.27. The van der Waals surface area contributed by atoms with Crippen LogP contribution in [0.2, 0.25) is 5.02 Å². The minimum absolute atomic E-state index is 0.0534. The molecule has 1 aromatic carbocycles. The minimum Gasteiger partial charge on any atom is -0.350 e. The van der Waals surface area contributed by atoms with Gasteiger partial charge in [-0.15, -0.1) is 0 Å². The standard InChI is InChI=1S/C18H17ClN4O/c1-23-17(16-4-2-3-9-20-16)11-15(22-23)12-21-18(24)10-13-5-7-14(19)8-6-13/h2-9,11H,10,12H2,1H3,(H,21,24). The number of benzene rings is 1. The molecule has 24 heavy (non-hydrogen) atoms. The van der Waals surface area contributed by atoms with Gasteiger partial charge in [0, 0.05) is 18.3 Å². The van der Waals surface area contributed by atoms with Crippen LogP contribution >= 0.6 is 11.6 Å². The molecule has 1 N–H and O–H groups in total. The third-order valence-electron chi connectivity index (χ3n) is 3.60. The summed E-state index contributed by atoms with van der Waals surface area (Å²) in [4.78, 5) is 16.4. The van der Waals surface area contributed by atoms with Gasteiger partial charge < -0.3 is 5.32 Å². The molecule has 3 rings (SSSR count). The predicted molar refractivity (Wildman–Crippen MR) is 93.4 cm³/mol. The Morgan fingerprint density at radius 2 is 2.00 bits per heavy atom. The molecule has 0 bridgehead atoms. The maximum Gasteiger partial charge on any atom is 0.224 e. The fraction of sp³-hybridized carbons (Fsp3) is 0.167. The van der Waals surface area contributed by atoms with E-state index in [0.717, 1.165) is 22.6 Å².